The number of benzene rings is 1. The van der Waals surface area contributed by atoms with E-state index in [0.717, 1.165) is 48.6 Å². The predicted octanol–water partition coefficient (Wildman–Crippen LogP) is 3.83. The van der Waals surface area contributed by atoms with E-state index in [0.29, 0.717) is 17.6 Å². The summed E-state index contributed by atoms with van der Waals surface area (Å²) in [5.74, 6) is 1.35. The molecule has 6 nitrogen and oxygen atoms in total. The van der Waals surface area contributed by atoms with Gasteiger partial charge >= 0.3 is 0 Å². The monoisotopic (exact) mass is 404 g/mol. The van der Waals surface area contributed by atoms with Crippen molar-refractivity contribution in [2.45, 2.75) is 51.2 Å². The van der Waals surface area contributed by atoms with Crippen molar-refractivity contribution in [2.24, 2.45) is 0 Å². The Hall–Kier alpha value is -2.12. The Morgan fingerprint density at radius 2 is 2.18 bits per heavy atom. The molecule has 152 valence electrons. The fourth-order valence-electron chi connectivity index (χ4n) is 3.36. The smallest absolute Gasteiger partial charge is 0.226 e. The number of methoxy groups -OCH3 is 2. The van der Waals surface area contributed by atoms with Crippen LogP contribution >= 0.6 is 11.3 Å². The van der Waals surface area contributed by atoms with Crippen LogP contribution in [0.15, 0.2) is 23.6 Å². The van der Waals surface area contributed by atoms with Crippen molar-refractivity contribution in [3.8, 4) is 22.1 Å². The minimum absolute atomic E-state index is 0.00371. The fourth-order valence-corrected chi connectivity index (χ4v) is 4.18. The number of nitrogens with one attached hydrogen (secondary N) is 1. The summed E-state index contributed by atoms with van der Waals surface area (Å²) < 4.78 is 16.3. The van der Waals surface area contributed by atoms with Crippen LogP contribution in [-0.2, 0) is 16.0 Å². The quantitative estimate of drug-likeness (QED) is 0.688. The van der Waals surface area contributed by atoms with Crippen molar-refractivity contribution < 1.29 is 19.0 Å². The third kappa shape index (κ3) is 5.45. The highest BCUT2D eigenvalue weighted by Gasteiger charge is 2.18. The number of rotatable bonds is 9. The molecule has 0 saturated carbocycles. The van der Waals surface area contributed by atoms with Crippen LogP contribution in [0, 0.1) is 0 Å². The molecule has 3 rings (SSSR count). The van der Waals surface area contributed by atoms with Crippen LogP contribution in [0.3, 0.4) is 0 Å². The number of amides is 1. The summed E-state index contributed by atoms with van der Waals surface area (Å²) in [4.78, 5) is 16.9. The molecule has 1 N–H and O–H groups in total. The first kappa shape index (κ1) is 20.6. The topological polar surface area (TPSA) is 69.7 Å². The standard InChI is InChI=1S/C21H28N2O4S/c1-14(6-8-17-5-4-10-27-17)22-20(24)12-16-13-28-21(23-16)15-7-9-18(25-2)19(11-15)26-3/h7,9,11,13-14,17H,4-6,8,10,12H2,1-3H3,(H,22,24). The highest BCUT2D eigenvalue weighted by atomic mass is 32.1. The van der Waals surface area contributed by atoms with E-state index in [2.05, 4.69) is 10.3 Å². The van der Waals surface area contributed by atoms with Gasteiger partial charge in [-0.25, -0.2) is 4.98 Å². The molecule has 1 aliphatic rings. The average molecular weight is 405 g/mol. The first-order valence-electron chi connectivity index (χ1n) is 9.66. The van der Waals surface area contributed by atoms with E-state index in [1.807, 2.05) is 30.5 Å². The van der Waals surface area contributed by atoms with E-state index >= 15 is 0 Å². The van der Waals surface area contributed by atoms with Crippen LogP contribution < -0.4 is 14.8 Å². The predicted molar refractivity (Wildman–Crippen MR) is 110 cm³/mol. The lowest BCUT2D eigenvalue weighted by Gasteiger charge is -2.16. The van der Waals surface area contributed by atoms with Gasteiger partial charge in [-0.15, -0.1) is 11.3 Å². The van der Waals surface area contributed by atoms with Crippen LogP contribution in [0.4, 0.5) is 0 Å². The molecule has 1 aromatic heterocycles. The van der Waals surface area contributed by atoms with Gasteiger partial charge in [-0.3, -0.25) is 4.79 Å². The van der Waals surface area contributed by atoms with Gasteiger partial charge in [-0.1, -0.05) is 0 Å². The number of hydrogen-bond acceptors (Lipinski definition) is 6. The van der Waals surface area contributed by atoms with Crippen molar-refractivity contribution in [3.05, 3.63) is 29.3 Å². The van der Waals surface area contributed by atoms with Crippen molar-refractivity contribution in [1.82, 2.24) is 10.3 Å². The molecule has 1 aliphatic heterocycles. The van der Waals surface area contributed by atoms with Crippen molar-refractivity contribution in [3.63, 3.8) is 0 Å². The van der Waals surface area contributed by atoms with Gasteiger partial charge in [0.1, 0.15) is 5.01 Å². The lowest BCUT2D eigenvalue weighted by Crippen LogP contribution is -2.34. The molecule has 1 aromatic carbocycles. The number of carbonyl (C=O) groups excluding carboxylic acids is 1. The molecule has 28 heavy (non-hydrogen) atoms. The molecular formula is C21H28N2O4S. The van der Waals surface area contributed by atoms with E-state index < -0.39 is 0 Å². The summed E-state index contributed by atoms with van der Waals surface area (Å²) in [5.41, 5.74) is 1.72. The Morgan fingerprint density at radius 3 is 2.89 bits per heavy atom. The highest BCUT2D eigenvalue weighted by molar-refractivity contribution is 7.13. The molecule has 2 aromatic rings. The highest BCUT2D eigenvalue weighted by Crippen LogP contribution is 2.33. The van der Waals surface area contributed by atoms with Gasteiger partial charge < -0.3 is 19.5 Å². The van der Waals surface area contributed by atoms with Crippen LogP contribution in [0.2, 0.25) is 0 Å². The van der Waals surface area contributed by atoms with Gasteiger partial charge in [0.05, 0.1) is 32.4 Å². The number of hydrogen-bond donors (Lipinski definition) is 1. The summed E-state index contributed by atoms with van der Waals surface area (Å²) in [6.07, 6.45) is 4.87. The second-order valence-electron chi connectivity index (χ2n) is 7.07. The zero-order valence-electron chi connectivity index (χ0n) is 16.7. The number of ether oxygens (including phenoxy) is 3. The zero-order chi connectivity index (χ0) is 19.9. The molecule has 1 amide bonds. The lowest BCUT2D eigenvalue weighted by molar-refractivity contribution is -0.121. The van der Waals surface area contributed by atoms with Gasteiger partial charge in [-0.05, 0) is 50.8 Å². The SMILES string of the molecule is COc1ccc(-c2nc(CC(=O)NC(C)CCC3CCCO3)cs2)cc1OC. The Balaban J connectivity index is 1.53. The van der Waals surface area contributed by atoms with Crippen LogP contribution in [0.25, 0.3) is 10.6 Å². The minimum Gasteiger partial charge on any atom is -0.493 e. The van der Waals surface area contributed by atoms with Gasteiger partial charge in [0, 0.05) is 23.6 Å². The molecule has 2 unspecified atom stereocenters. The van der Waals surface area contributed by atoms with Gasteiger partial charge in [0.2, 0.25) is 5.91 Å². The molecule has 1 fully saturated rings. The second kappa shape index (κ2) is 9.89. The Labute approximate surface area is 170 Å². The summed E-state index contributed by atoms with van der Waals surface area (Å²) in [6.45, 7) is 2.92. The molecule has 0 spiro atoms. The zero-order valence-corrected chi connectivity index (χ0v) is 17.5. The molecule has 0 aliphatic carbocycles. The van der Waals surface area contributed by atoms with E-state index in [4.69, 9.17) is 14.2 Å². The van der Waals surface area contributed by atoms with Gasteiger partial charge in [-0.2, -0.15) is 0 Å². The molecule has 0 radical (unpaired) electrons. The largest absolute Gasteiger partial charge is 0.493 e. The third-order valence-corrected chi connectivity index (χ3v) is 5.82. The summed E-state index contributed by atoms with van der Waals surface area (Å²) in [7, 11) is 3.22. The number of carbonyl (C=O) groups is 1. The number of aromatic nitrogens is 1. The minimum atomic E-state index is 0.00371. The van der Waals surface area contributed by atoms with Crippen LogP contribution in [0.1, 0.15) is 38.3 Å². The average Bonchev–Trinajstić information content (AvgIpc) is 3.37. The maximum absolute atomic E-state index is 12.3. The summed E-state index contributed by atoms with van der Waals surface area (Å²) in [6, 6.07) is 5.84. The summed E-state index contributed by atoms with van der Waals surface area (Å²) >= 11 is 1.52. The van der Waals surface area contributed by atoms with Crippen molar-refractivity contribution >= 4 is 17.2 Å². The lowest BCUT2D eigenvalue weighted by atomic mass is 10.1. The Bertz CT molecular complexity index is 786. The van der Waals surface area contributed by atoms with Crippen molar-refractivity contribution in [1.29, 1.82) is 0 Å². The van der Waals surface area contributed by atoms with Crippen LogP contribution in [-0.4, -0.2) is 43.9 Å². The molecule has 2 atom stereocenters. The molecular weight excluding hydrogens is 376 g/mol. The number of thiazole rings is 1. The normalized spacial score (nSPS) is 17.3. The van der Waals surface area contributed by atoms with Gasteiger partial charge in [0.15, 0.2) is 11.5 Å². The van der Waals surface area contributed by atoms with Crippen molar-refractivity contribution in [2.75, 3.05) is 20.8 Å². The van der Waals surface area contributed by atoms with Crippen LogP contribution in [0.5, 0.6) is 11.5 Å². The summed E-state index contributed by atoms with van der Waals surface area (Å²) in [5, 5.41) is 5.86. The van der Waals surface area contributed by atoms with E-state index in [1.165, 1.54) is 11.3 Å². The molecule has 2 heterocycles. The number of nitrogens with zero attached hydrogens (tertiary/aromatic N) is 1. The Kier molecular flexibility index (Phi) is 7.28. The first-order valence-corrected chi connectivity index (χ1v) is 10.5. The first-order chi connectivity index (χ1) is 13.6. The maximum Gasteiger partial charge on any atom is 0.226 e. The third-order valence-electron chi connectivity index (χ3n) is 4.88. The Morgan fingerprint density at radius 1 is 1.36 bits per heavy atom. The van der Waals surface area contributed by atoms with E-state index in [-0.39, 0.29) is 18.4 Å². The van der Waals surface area contributed by atoms with Gasteiger partial charge in [0.25, 0.3) is 0 Å². The second-order valence-corrected chi connectivity index (χ2v) is 7.93. The molecule has 1 saturated heterocycles. The maximum atomic E-state index is 12.3. The molecule has 7 heteroatoms. The van der Waals surface area contributed by atoms with E-state index in [9.17, 15) is 4.79 Å². The van der Waals surface area contributed by atoms with E-state index in [1.54, 1.807) is 14.2 Å². The fraction of sp³-hybridized carbons (Fsp3) is 0.524. The molecule has 0 bridgehead atoms.